The minimum Gasteiger partial charge on any atom is -0.361 e. The summed E-state index contributed by atoms with van der Waals surface area (Å²) in [6, 6.07) is 0.862. The van der Waals surface area contributed by atoms with Crippen LogP contribution in [0.5, 0.6) is 0 Å². The first-order valence-corrected chi connectivity index (χ1v) is 8.90. The average Bonchev–Trinajstić information content (AvgIpc) is 2.61. The van der Waals surface area contributed by atoms with E-state index in [4.69, 9.17) is 4.74 Å². The molecule has 0 bridgehead atoms. The van der Waals surface area contributed by atoms with Gasteiger partial charge in [0.1, 0.15) is 13.2 Å². The summed E-state index contributed by atoms with van der Waals surface area (Å²) >= 11 is 0. The number of ether oxygens (including phenoxy) is 1. The zero-order valence-corrected chi connectivity index (χ0v) is 15.7. The molecule has 0 radical (unpaired) electrons. The van der Waals surface area contributed by atoms with Crippen LogP contribution >= 0.6 is 0 Å². The fourth-order valence-corrected chi connectivity index (χ4v) is 3.15. The number of rotatable bonds is 6. The lowest BCUT2D eigenvalue weighted by Crippen LogP contribution is -2.58. The predicted octanol–water partition coefficient (Wildman–Crippen LogP) is 1.74. The predicted molar refractivity (Wildman–Crippen MR) is 98.5 cm³/mol. The third kappa shape index (κ3) is 5.52. The van der Waals surface area contributed by atoms with Gasteiger partial charge in [0.25, 0.3) is 0 Å². The first-order chi connectivity index (χ1) is 12.0. The molecule has 1 saturated heterocycles. The van der Waals surface area contributed by atoms with Gasteiger partial charge in [0, 0.05) is 37.6 Å². The van der Waals surface area contributed by atoms with Crippen molar-refractivity contribution in [1.82, 2.24) is 14.9 Å². The second-order valence-electron chi connectivity index (χ2n) is 6.52. The summed E-state index contributed by atoms with van der Waals surface area (Å²) < 4.78 is 5.13. The number of nitrogens with zero attached hydrogens (tertiary/aromatic N) is 4. The van der Waals surface area contributed by atoms with Crippen LogP contribution in [-0.2, 0) is 9.53 Å². The number of likely N-dealkylation sites (N-methyl/N-ethyl adjacent to an activating group) is 1. The Bertz CT molecular complexity index is 607. The highest BCUT2D eigenvalue weighted by Crippen LogP contribution is 2.24. The molecule has 6 nitrogen and oxygen atoms in total. The molecule has 2 atom stereocenters. The molecule has 2 rings (SSSR count). The Morgan fingerprint density at radius 3 is 2.36 bits per heavy atom. The number of hydrogen-bond donors (Lipinski definition) is 0. The van der Waals surface area contributed by atoms with E-state index in [0.29, 0.717) is 12.1 Å². The van der Waals surface area contributed by atoms with E-state index in [9.17, 15) is 4.79 Å². The molecule has 0 aromatic carbocycles. The van der Waals surface area contributed by atoms with Crippen LogP contribution in [0.15, 0.2) is 12.4 Å². The Morgan fingerprint density at radius 1 is 1.24 bits per heavy atom. The van der Waals surface area contributed by atoms with Crippen LogP contribution in [0.25, 0.3) is 0 Å². The molecule has 0 spiro atoms. The summed E-state index contributed by atoms with van der Waals surface area (Å²) in [7, 11) is 2.18. The normalized spacial score (nSPS) is 20.9. The van der Waals surface area contributed by atoms with Gasteiger partial charge < -0.3 is 14.5 Å². The first kappa shape index (κ1) is 19.4. The topological polar surface area (TPSA) is 58.6 Å². The Labute approximate surface area is 150 Å². The number of carbonyl (C=O) groups is 1. The molecule has 1 aliphatic rings. The Balaban J connectivity index is 2.04. The third-order valence-electron chi connectivity index (χ3n) is 4.36. The number of carbonyl (C=O) groups excluding carboxylic acids is 1. The van der Waals surface area contributed by atoms with Crippen molar-refractivity contribution in [3.8, 4) is 11.8 Å². The zero-order valence-electron chi connectivity index (χ0n) is 15.7. The van der Waals surface area contributed by atoms with Crippen LogP contribution in [-0.4, -0.2) is 66.1 Å². The van der Waals surface area contributed by atoms with Gasteiger partial charge in [-0.15, -0.1) is 0 Å². The average molecular weight is 344 g/mol. The lowest BCUT2D eigenvalue weighted by molar-refractivity contribution is -0.120. The Hall–Kier alpha value is -1.97. The maximum Gasteiger partial charge on any atom is 0.225 e. The number of aromatic nitrogens is 2. The molecule has 1 aliphatic heterocycles. The van der Waals surface area contributed by atoms with E-state index in [1.807, 2.05) is 0 Å². The van der Waals surface area contributed by atoms with Crippen LogP contribution in [0, 0.1) is 11.8 Å². The summed E-state index contributed by atoms with van der Waals surface area (Å²) in [5.74, 6) is 6.63. The van der Waals surface area contributed by atoms with E-state index in [0.717, 1.165) is 37.4 Å². The summed E-state index contributed by atoms with van der Waals surface area (Å²) in [4.78, 5) is 24.6. The minimum absolute atomic E-state index is 0.00220. The fourth-order valence-electron chi connectivity index (χ4n) is 3.15. The number of Topliss-reactive ketones (excluding diaryl/α,β-unsaturated/α-hetero) is 1. The summed E-state index contributed by atoms with van der Waals surface area (Å²) in [5, 5.41) is 0. The van der Waals surface area contributed by atoms with E-state index in [1.54, 1.807) is 12.4 Å². The van der Waals surface area contributed by atoms with Gasteiger partial charge in [-0.2, -0.15) is 0 Å². The molecule has 1 aromatic heterocycles. The molecule has 6 heteroatoms. The van der Waals surface area contributed by atoms with Crippen molar-refractivity contribution >= 4 is 11.7 Å². The smallest absolute Gasteiger partial charge is 0.225 e. The van der Waals surface area contributed by atoms with Gasteiger partial charge >= 0.3 is 0 Å². The SMILES string of the molecule is CCC1CN(C)CC(CC)N1c1ncc(C#CCOCC(C)=O)cn1. The second kappa shape index (κ2) is 9.50. The molecule has 25 heavy (non-hydrogen) atoms. The number of hydrogen-bond acceptors (Lipinski definition) is 6. The molecule has 0 amide bonds. The highest BCUT2D eigenvalue weighted by atomic mass is 16.5. The van der Waals surface area contributed by atoms with Crippen LogP contribution in [0.3, 0.4) is 0 Å². The van der Waals surface area contributed by atoms with Crippen molar-refractivity contribution in [2.75, 3.05) is 38.3 Å². The quantitative estimate of drug-likeness (QED) is 0.579. The van der Waals surface area contributed by atoms with Crippen LogP contribution in [0.4, 0.5) is 5.95 Å². The molecule has 1 aromatic rings. The zero-order chi connectivity index (χ0) is 18.2. The lowest BCUT2D eigenvalue weighted by Gasteiger charge is -2.45. The minimum atomic E-state index is -0.00220. The number of piperazine rings is 1. The van der Waals surface area contributed by atoms with Gasteiger partial charge in [-0.05, 0) is 26.8 Å². The maximum absolute atomic E-state index is 10.8. The molecule has 2 heterocycles. The van der Waals surface area contributed by atoms with E-state index >= 15 is 0 Å². The molecular weight excluding hydrogens is 316 g/mol. The van der Waals surface area contributed by atoms with Crippen LogP contribution in [0.2, 0.25) is 0 Å². The highest BCUT2D eigenvalue weighted by Gasteiger charge is 2.32. The van der Waals surface area contributed by atoms with Crippen molar-refractivity contribution in [2.45, 2.75) is 45.7 Å². The molecule has 1 fully saturated rings. The standard InChI is InChI=1S/C19H28N4O2/c1-5-17-12-22(4)13-18(6-2)23(17)19-20-10-16(11-21-19)8-7-9-25-14-15(3)24/h10-11,17-18H,5-6,9,12-14H2,1-4H3. The summed E-state index contributed by atoms with van der Waals surface area (Å²) in [5.41, 5.74) is 0.755. The van der Waals surface area contributed by atoms with E-state index in [1.165, 1.54) is 6.92 Å². The van der Waals surface area contributed by atoms with E-state index in [-0.39, 0.29) is 19.0 Å². The number of anilines is 1. The van der Waals surface area contributed by atoms with Gasteiger partial charge in [0.2, 0.25) is 5.95 Å². The summed E-state index contributed by atoms with van der Waals surface area (Å²) in [6.07, 6.45) is 5.66. The van der Waals surface area contributed by atoms with E-state index in [2.05, 4.69) is 52.5 Å². The van der Waals surface area contributed by atoms with Gasteiger partial charge in [0.05, 0.1) is 5.56 Å². The van der Waals surface area contributed by atoms with Gasteiger partial charge in [0.15, 0.2) is 5.78 Å². The third-order valence-corrected chi connectivity index (χ3v) is 4.36. The van der Waals surface area contributed by atoms with Crippen molar-refractivity contribution < 1.29 is 9.53 Å². The maximum atomic E-state index is 10.8. The molecule has 0 N–H and O–H groups in total. The van der Waals surface area contributed by atoms with Crippen molar-refractivity contribution in [3.63, 3.8) is 0 Å². The van der Waals surface area contributed by atoms with Gasteiger partial charge in [-0.25, -0.2) is 9.97 Å². The Kier molecular flexibility index (Phi) is 7.35. The largest absolute Gasteiger partial charge is 0.361 e. The lowest BCUT2D eigenvalue weighted by atomic mass is 10.0. The molecule has 0 saturated carbocycles. The van der Waals surface area contributed by atoms with Crippen molar-refractivity contribution in [2.24, 2.45) is 0 Å². The van der Waals surface area contributed by atoms with E-state index < -0.39 is 0 Å². The molecule has 0 aliphatic carbocycles. The monoisotopic (exact) mass is 344 g/mol. The number of ketones is 1. The first-order valence-electron chi connectivity index (χ1n) is 8.90. The summed E-state index contributed by atoms with van der Waals surface area (Å²) in [6.45, 7) is 8.32. The molecule has 2 unspecified atom stereocenters. The van der Waals surface area contributed by atoms with Crippen molar-refractivity contribution in [1.29, 1.82) is 0 Å². The molecule has 136 valence electrons. The van der Waals surface area contributed by atoms with Crippen LogP contribution < -0.4 is 4.90 Å². The van der Waals surface area contributed by atoms with Crippen LogP contribution in [0.1, 0.15) is 39.2 Å². The fraction of sp³-hybridized carbons (Fsp3) is 0.632. The van der Waals surface area contributed by atoms with Gasteiger partial charge in [-0.3, -0.25) is 4.79 Å². The second-order valence-corrected chi connectivity index (χ2v) is 6.52. The Morgan fingerprint density at radius 2 is 1.84 bits per heavy atom. The highest BCUT2D eigenvalue weighted by molar-refractivity contribution is 5.76. The van der Waals surface area contributed by atoms with Gasteiger partial charge in [-0.1, -0.05) is 25.7 Å². The van der Waals surface area contributed by atoms with Crippen molar-refractivity contribution in [3.05, 3.63) is 18.0 Å². The molecular formula is C19H28N4O2.